The summed E-state index contributed by atoms with van der Waals surface area (Å²) in [7, 11) is 1.46. The molecule has 0 saturated heterocycles. The lowest BCUT2D eigenvalue weighted by atomic mass is 10.4. The van der Waals surface area contributed by atoms with E-state index in [1.165, 1.54) is 7.05 Å². The van der Waals surface area contributed by atoms with Crippen molar-refractivity contribution >= 4 is 5.91 Å². The Labute approximate surface area is 47.8 Å². The third-order valence-electron chi connectivity index (χ3n) is 0.682. The highest BCUT2D eigenvalue weighted by Crippen LogP contribution is 1.78. The minimum absolute atomic E-state index is 0.201. The molecule has 48 valence electrons. The predicted octanol–water partition coefficient (Wildman–Crippen LogP) is -0.817. The Morgan fingerprint density at radius 1 is 1.88 bits per heavy atom. The summed E-state index contributed by atoms with van der Waals surface area (Å²) in [6, 6.07) is 0. The number of nitrogens with two attached hydrogens (primary N) is 1. The van der Waals surface area contributed by atoms with Crippen LogP contribution in [-0.4, -0.2) is 29.8 Å². The van der Waals surface area contributed by atoms with Gasteiger partial charge in [-0.25, -0.2) is 0 Å². The third kappa shape index (κ3) is 5.39. The van der Waals surface area contributed by atoms with Crippen LogP contribution in [0.25, 0.3) is 0 Å². The Bertz CT molecular complexity index is 82.1. The van der Waals surface area contributed by atoms with Crippen LogP contribution >= 0.6 is 0 Å². The molecule has 4 nitrogen and oxygen atoms in total. The number of amides is 1. The SMILES string of the molecule is CN(O)CCC(N)=O. The summed E-state index contributed by atoms with van der Waals surface area (Å²) in [5.74, 6) is -0.397. The molecular formula is C4H10N2O2. The van der Waals surface area contributed by atoms with Gasteiger partial charge >= 0.3 is 0 Å². The molecule has 0 rings (SSSR count). The van der Waals surface area contributed by atoms with Gasteiger partial charge < -0.3 is 10.9 Å². The Balaban J connectivity index is 3.05. The molecule has 4 heteroatoms. The molecule has 0 atom stereocenters. The van der Waals surface area contributed by atoms with E-state index in [1.807, 2.05) is 0 Å². The predicted molar refractivity (Wildman–Crippen MR) is 28.2 cm³/mol. The fourth-order valence-corrected chi connectivity index (χ4v) is 0.272. The Kier molecular flexibility index (Phi) is 3.14. The molecule has 0 aliphatic heterocycles. The Morgan fingerprint density at radius 2 is 2.38 bits per heavy atom. The van der Waals surface area contributed by atoms with E-state index in [0.717, 1.165) is 5.06 Å². The lowest BCUT2D eigenvalue weighted by molar-refractivity contribution is -0.121. The minimum atomic E-state index is -0.397. The summed E-state index contributed by atoms with van der Waals surface area (Å²) in [4.78, 5) is 9.99. The first kappa shape index (κ1) is 7.39. The number of nitrogens with zero attached hydrogens (tertiary/aromatic N) is 1. The van der Waals surface area contributed by atoms with Crippen LogP contribution in [-0.2, 0) is 4.79 Å². The molecule has 0 spiro atoms. The quantitative estimate of drug-likeness (QED) is 0.476. The van der Waals surface area contributed by atoms with E-state index < -0.39 is 5.91 Å². The Hall–Kier alpha value is -0.610. The van der Waals surface area contributed by atoms with Gasteiger partial charge in [-0.2, -0.15) is 5.06 Å². The average molecular weight is 118 g/mol. The summed E-state index contributed by atoms with van der Waals surface area (Å²) in [5, 5.41) is 9.35. The average Bonchev–Trinajstić information content (AvgIpc) is 1.61. The van der Waals surface area contributed by atoms with E-state index in [1.54, 1.807) is 0 Å². The van der Waals surface area contributed by atoms with E-state index in [2.05, 4.69) is 0 Å². The molecule has 0 aliphatic carbocycles. The van der Waals surface area contributed by atoms with Crippen molar-refractivity contribution in [3.63, 3.8) is 0 Å². The van der Waals surface area contributed by atoms with Crippen LogP contribution in [0.3, 0.4) is 0 Å². The molecule has 1 amide bonds. The van der Waals surface area contributed by atoms with Crippen molar-refractivity contribution in [2.75, 3.05) is 13.6 Å². The first-order chi connectivity index (χ1) is 3.63. The van der Waals surface area contributed by atoms with E-state index in [0.29, 0.717) is 6.54 Å². The van der Waals surface area contributed by atoms with E-state index in [4.69, 9.17) is 10.9 Å². The standard InChI is InChI=1S/C4H10N2O2/c1-6(8)3-2-4(5)7/h8H,2-3H2,1H3,(H2,5,7). The lowest BCUT2D eigenvalue weighted by Crippen LogP contribution is -2.21. The van der Waals surface area contributed by atoms with Gasteiger partial charge in [0.15, 0.2) is 0 Å². The van der Waals surface area contributed by atoms with Gasteiger partial charge in [0.05, 0.1) is 0 Å². The van der Waals surface area contributed by atoms with Crippen molar-refractivity contribution < 1.29 is 10.0 Å². The topological polar surface area (TPSA) is 66.6 Å². The molecule has 0 fully saturated rings. The van der Waals surface area contributed by atoms with Crippen LogP contribution in [0.4, 0.5) is 0 Å². The van der Waals surface area contributed by atoms with Gasteiger partial charge in [0.25, 0.3) is 0 Å². The zero-order chi connectivity index (χ0) is 6.57. The van der Waals surface area contributed by atoms with Crippen molar-refractivity contribution in [2.45, 2.75) is 6.42 Å². The number of primary amides is 1. The summed E-state index contributed by atoms with van der Waals surface area (Å²) >= 11 is 0. The summed E-state index contributed by atoms with van der Waals surface area (Å²) < 4.78 is 0. The number of rotatable bonds is 3. The fourth-order valence-electron chi connectivity index (χ4n) is 0.272. The molecule has 0 unspecified atom stereocenters. The first-order valence-corrected chi connectivity index (χ1v) is 2.31. The van der Waals surface area contributed by atoms with Crippen molar-refractivity contribution in [1.29, 1.82) is 0 Å². The molecule has 0 aliphatic rings. The minimum Gasteiger partial charge on any atom is -0.370 e. The van der Waals surface area contributed by atoms with Gasteiger partial charge in [-0.15, -0.1) is 0 Å². The van der Waals surface area contributed by atoms with Crippen molar-refractivity contribution in [3.8, 4) is 0 Å². The van der Waals surface area contributed by atoms with Gasteiger partial charge in [0, 0.05) is 20.0 Å². The smallest absolute Gasteiger partial charge is 0.218 e. The molecule has 0 heterocycles. The third-order valence-corrected chi connectivity index (χ3v) is 0.682. The van der Waals surface area contributed by atoms with Gasteiger partial charge in [-0.3, -0.25) is 4.79 Å². The van der Waals surface area contributed by atoms with Crippen LogP contribution in [0.2, 0.25) is 0 Å². The largest absolute Gasteiger partial charge is 0.370 e. The molecule has 3 N–H and O–H groups in total. The molecule has 8 heavy (non-hydrogen) atoms. The highest BCUT2D eigenvalue weighted by atomic mass is 16.5. The van der Waals surface area contributed by atoms with Crippen LogP contribution in [0.5, 0.6) is 0 Å². The summed E-state index contributed by atoms with van der Waals surface area (Å²) in [5.41, 5.74) is 4.76. The van der Waals surface area contributed by atoms with Gasteiger partial charge in [0.1, 0.15) is 0 Å². The van der Waals surface area contributed by atoms with Crippen LogP contribution in [0.1, 0.15) is 6.42 Å². The van der Waals surface area contributed by atoms with Gasteiger partial charge in [-0.1, -0.05) is 0 Å². The number of hydroxylamine groups is 2. The van der Waals surface area contributed by atoms with Crippen LogP contribution in [0.15, 0.2) is 0 Å². The normalized spacial score (nSPS) is 9.88. The zero-order valence-electron chi connectivity index (χ0n) is 4.79. The number of carbonyl (C=O) groups is 1. The molecule has 0 aromatic rings. The van der Waals surface area contributed by atoms with Crippen molar-refractivity contribution in [3.05, 3.63) is 0 Å². The second kappa shape index (κ2) is 3.40. The molecule has 0 aromatic heterocycles. The fraction of sp³-hybridized carbons (Fsp3) is 0.750. The summed E-state index contributed by atoms with van der Waals surface area (Å²) in [6.07, 6.45) is 0.201. The molecule has 0 bridgehead atoms. The molecule has 0 radical (unpaired) electrons. The number of hydrogen-bond donors (Lipinski definition) is 2. The van der Waals surface area contributed by atoms with Crippen LogP contribution < -0.4 is 5.73 Å². The zero-order valence-corrected chi connectivity index (χ0v) is 4.79. The second-order valence-electron chi connectivity index (χ2n) is 1.60. The molecular weight excluding hydrogens is 108 g/mol. The first-order valence-electron chi connectivity index (χ1n) is 2.31. The highest BCUT2D eigenvalue weighted by molar-refractivity contribution is 5.73. The number of carbonyl (C=O) groups excluding carboxylic acids is 1. The monoisotopic (exact) mass is 118 g/mol. The number of hydrogen-bond acceptors (Lipinski definition) is 3. The maximum absolute atomic E-state index is 9.99. The van der Waals surface area contributed by atoms with Crippen molar-refractivity contribution in [1.82, 2.24) is 5.06 Å². The van der Waals surface area contributed by atoms with Gasteiger partial charge in [0.2, 0.25) is 5.91 Å². The Morgan fingerprint density at radius 3 is 2.50 bits per heavy atom. The van der Waals surface area contributed by atoms with E-state index in [9.17, 15) is 4.79 Å². The summed E-state index contributed by atoms with van der Waals surface area (Å²) in [6.45, 7) is 0.301. The molecule has 0 saturated carbocycles. The van der Waals surface area contributed by atoms with E-state index >= 15 is 0 Å². The highest BCUT2D eigenvalue weighted by Gasteiger charge is 1.94. The van der Waals surface area contributed by atoms with Gasteiger partial charge in [-0.05, 0) is 0 Å². The maximum Gasteiger partial charge on any atom is 0.218 e. The van der Waals surface area contributed by atoms with Crippen LogP contribution in [0, 0.1) is 0 Å². The lowest BCUT2D eigenvalue weighted by Gasteiger charge is -2.03. The second-order valence-corrected chi connectivity index (χ2v) is 1.60. The molecule has 0 aromatic carbocycles. The maximum atomic E-state index is 9.99. The van der Waals surface area contributed by atoms with E-state index in [-0.39, 0.29) is 6.42 Å². The van der Waals surface area contributed by atoms with Crippen molar-refractivity contribution in [2.24, 2.45) is 5.73 Å².